The number of nitrogens with zero attached hydrogens (tertiary/aromatic N) is 1. The van der Waals surface area contributed by atoms with Gasteiger partial charge in [0.2, 0.25) is 0 Å². The van der Waals surface area contributed by atoms with Gasteiger partial charge in [-0.25, -0.2) is 4.39 Å². The summed E-state index contributed by atoms with van der Waals surface area (Å²) in [5, 5.41) is 2.54. The minimum atomic E-state index is -0.433. The van der Waals surface area contributed by atoms with Crippen molar-refractivity contribution >= 4 is 17.3 Å². The third-order valence-electron chi connectivity index (χ3n) is 2.24. The smallest absolute Gasteiger partial charge is 0.274 e. The summed E-state index contributed by atoms with van der Waals surface area (Å²) in [6.07, 6.45) is 1.45. The standard InChI is InChI=1S/C12H11FN4O/c13-8-2-1-3-9(6-8)16-12(18)11-7-10(17-14)4-5-15-11/h1-7H,14H2,(H,15,17)(H,16,18). The van der Waals surface area contributed by atoms with Gasteiger partial charge in [0.1, 0.15) is 11.5 Å². The van der Waals surface area contributed by atoms with E-state index in [-0.39, 0.29) is 5.69 Å². The number of hydrogen-bond acceptors (Lipinski definition) is 4. The maximum Gasteiger partial charge on any atom is 0.274 e. The molecular weight excluding hydrogens is 235 g/mol. The lowest BCUT2D eigenvalue weighted by atomic mass is 10.2. The van der Waals surface area contributed by atoms with Crippen LogP contribution in [0.1, 0.15) is 10.5 Å². The molecule has 0 aliphatic heterocycles. The molecule has 18 heavy (non-hydrogen) atoms. The number of anilines is 2. The lowest BCUT2D eigenvalue weighted by Gasteiger charge is -2.06. The summed E-state index contributed by atoms with van der Waals surface area (Å²) >= 11 is 0. The quantitative estimate of drug-likeness (QED) is 0.569. The molecule has 0 radical (unpaired) electrons. The molecule has 0 saturated carbocycles. The van der Waals surface area contributed by atoms with Crippen molar-refractivity contribution in [1.82, 2.24) is 4.98 Å². The molecule has 1 aromatic carbocycles. The van der Waals surface area contributed by atoms with Crippen LogP contribution in [0.3, 0.4) is 0 Å². The number of rotatable bonds is 3. The fraction of sp³-hybridized carbons (Fsp3) is 0. The number of nitrogens with one attached hydrogen (secondary N) is 2. The number of aromatic nitrogens is 1. The zero-order chi connectivity index (χ0) is 13.0. The van der Waals surface area contributed by atoms with Crippen molar-refractivity contribution in [2.24, 2.45) is 5.84 Å². The van der Waals surface area contributed by atoms with Gasteiger partial charge in [0.25, 0.3) is 5.91 Å². The molecule has 1 heterocycles. The summed E-state index contributed by atoms with van der Waals surface area (Å²) < 4.78 is 12.9. The molecule has 6 heteroatoms. The van der Waals surface area contributed by atoms with Gasteiger partial charge in [0.05, 0.1) is 5.69 Å². The van der Waals surface area contributed by atoms with Crippen LogP contribution in [-0.4, -0.2) is 10.9 Å². The molecule has 0 aliphatic rings. The first-order chi connectivity index (χ1) is 8.69. The first kappa shape index (κ1) is 12.0. The molecule has 1 amide bonds. The summed E-state index contributed by atoms with van der Waals surface area (Å²) in [6.45, 7) is 0. The number of hydrogen-bond donors (Lipinski definition) is 3. The number of halogens is 1. The van der Waals surface area contributed by atoms with E-state index in [2.05, 4.69) is 15.7 Å². The van der Waals surface area contributed by atoms with Crippen molar-refractivity contribution < 1.29 is 9.18 Å². The molecule has 0 aliphatic carbocycles. The van der Waals surface area contributed by atoms with E-state index < -0.39 is 11.7 Å². The third-order valence-corrected chi connectivity index (χ3v) is 2.24. The maximum atomic E-state index is 12.9. The second kappa shape index (κ2) is 5.24. The average Bonchev–Trinajstić information content (AvgIpc) is 2.39. The maximum absolute atomic E-state index is 12.9. The van der Waals surface area contributed by atoms with Gasteiger partial charge in [-0.05, 0) is 30.3 Å². The van der Waals surface area contributed by atoms with Crippen LogP contribution < -0.4 is 16.6 Å². The molecule has 92 valence electrons. The number of amides is 1. The Morgan fingerprint density at radius 2 is 2.06 bits per heavy atom. The summed E-state index contributed by atoms with van der Waals surface area (Å²) in [7, 11) is 0. The van der Waals surface area contributed by atoms with E-state index in [1.807, 2.05) is 0 Å². The van der Waals surface area contributed by atoms with E-state index in [1.54, 1.807) is 12.1 Å². The van der Waals surface area contributed by atoms with Crippen molar-refractivity contribution in [2.75, 3.05) is 10.7 Å². The topological polar surface area (TPSA) is 80.0 Å². The van der Waals surface area contributed by atoms with Crippen molar-refractivity contribution in [3.63, 3.8) is 0 Å². The SMILES string of the molecule is NNc1ccnc(C(=O)Nc2cccc(F)c2)c1. The summed E-state index contributed by atoms with van der Waals surface area (Å²) in [5.41, 5.74) is 3.54. The van der Waals surface area contributed by atoms with E-state index in [1.165, 1.54) is 30.5 Å². The number of carbonyl (C=O) groups is 1. The molecular formula is C12H11FN4O. The van der Waals surface area contributed by atoms with Gasteiger partial charge >= 0.3 is 0 Å². The van der Waals surface area contributed by atoms with E-state index in [0.717, 1.165) is 0 Å². The normalized spacial score (nSPS) is 9.89. The minimum absolute atomic E-state index is 0.190. The fourth-order valence-electron chi connectivity index (χ4n) is 1.41. The van der Waals surface area contributed by atoms with Gasteiger partial charge < -0.3 is 10.7 Å². The van der Waals surface area contributed by atoms with Gasteiger partial charge in [-0.3, -0.25) is 15.6 Å². The van der Waals surface area contributed by atoms with Crippen molar-refractivity contribution in [3.8, 4) is 0 Å². The summed E-state index contributed by atoms with van der Waals surface area (Å²) in [5.74, 6) is 4.38. The van der Waals surface area contributed by atoms with E-state index in [0.29, 0.717) is 11.4 Å². The van der Waals surface area contributed by atoms with Crippen LogP contribution in [0.4, 0.5) is 15.8 Å². The second-order valence-corrected chi connectivity index (χ2v) is 3.54. The number of nitrogens with two attached hydrogens (primary N) is 1. The lowest BCUT2D eigenvalue weighted by molar-refractivity contribution is 0.102. The predicted octanol–water partition coefficient (Wildman–Crippen LogP) is 1.76. The zero-order valence-electron chi connectivity index (χ0n) is 9.35. The molecule has 0 unspecified atom stereocenters. The van der Waals surface area contributed by atoms with Gasteiger partial charge in [-0.15, -0.1) is 0 Å². The first-order valence-corrected chi connectivity index (χ1v) is 5.18. The van der Waals surface area contributed by atoms with Crippen molar-refractivity contribution in [2.45, 2.75) is 0 Å². The molecule has 2 rings (SSSR count). The first-order valence-electron chi connectivity index (χ1n) is 5.18. The largest absolute Gasteiger partial charge is 0.324 e. The number of hydrazine groups is 1. The molecule has 4 N–H and O–H groups in total. The Labute approximate surface area is 103 Å². The highest BCUT2D eigenvalue weighted by atomic mass is 19.1. The summed E-state index contributed by atoms with van der Waals surface area (Å²) in [6, 6.07) is 8.74. The Hall–Kier alpha value is -2.47. The average molecular weight is 246 g/mol. The Balaban J connectivity index is 2.16. The van der Waals surface area contributed by atoms with Gasteiger partial charge in [-0.1, -0.05) is 6.07 Å². The summed E-state index contributed by atoms with van der Waals surface area (Å²) in [4.78, 5) is 15.7. The molecule has 1 aromatic heterocycles. The number of pyridine rings is 1. The van der Waals surface area contributed by atoms with Gasteiger partial charge in [-0.2, -0.15) is 0 Å². The van der Waals surface area contributed by atoms with Crippen LogP contribution in [-0.2, 0) is 0 Å². The van der Waals surface area contributed by atoms with Crippen LogP contribution in [0.25, 0.3) is 0 Å². The van der Waals surface area contributed by atoms with Crippen molar-refractivity contribution in [3.05, 3.63) is 54.1 Å². The Morgan fingerprint density at radius 3 is 2.78 bits per heavy atom. The van der Waals surface area contributed by atoms with E-state index in [9.17, 15) is 9.18 Å². The Kier molecular flexibility index (Phi) is 3.49. The number of nitrogen functional groups attached to an aromatic ring is 1. The highest BCUT2D eigenvalue weighted by Gasteiger charge is 2.08. The predicted molar refractivity (Wildman–Crippen MR) is 66.4 cm³/mol. The van der Waals surface area contributed by atoms with Crippen LogP contribution in [0.2, 0.25) is 0 Å². The molecule has 0 atom stereocenters. The zero-order valence-corrected chi connectivity index (χ0v) is 9.35. The minimum Gasteiger partial charge on any atom is -0.324 e. The van der Waals surface area contributed by atoms with Crippen LogP contribution >= 0.6 is 0 Å². The molecule has 5 nitrogen and oxygen atoms in total. The Bertz CT molecular complexity index is 574. The molecule has 0 bridgehead atoms. The van der Waals surface area contributed by atoms with Crippen LogP contribution in [0.15, 0.2) is 42.6 Å². The highest BCUT2D eigenvalue weighted by Crippen LogP contribution is 2.12. The van der Waals surface area contributed by atoms with Gasteiger partial charge in [0.15, 0.2) is 0 Å². The van der Waals surface area contributed by atoms with E-state index >= 15 is 0 Å². The monoisotopic (exact) mass is 246 g/mol. The van der Waals surface area contributed by atoms with Crippen molar-refractivity contribution in [1.29, 1.82) is 0 Å². The second-order valence-electron chi connectivity index (χ2n) is 3.54. The molecule has 2 aromatic rings. The molecule has 0 spiro atoms. The number of benzene rings is 1. The fourth-order valence-corrected chi connectivity index (χ4v) is 1.41. The molecule has 0 fully saturated rings. The van der Waals surface area contributed by atoms with Crippen LogP contribution in [0, 0.1) is 5.82 Å². The Morgan fingerprint density at radius 1 is 1.22 bits per heavy atom. The van der Waals surface area contributed by atoms with Crippen LogP contribution in [0.5, 0.6) is 0 Å². The molecule has 0 saturated heterocycles. The van der Waals surface area contributed by atoms with Gasteiger partial charge in [0, 0.05) is 11.9 Å². The number of carbonyl (C=O) groups excluding carboxylic acids is 1. The highest BCUT2D eigenvalue weighted by molar-refractivity contribution is 6.03. The lowest BCUT2D eigenvalue weighted by Crippen LogP contribution is -2.15. The third kappa shape index (κ3) is 2.80. The van der Waals surface area contributed by atoms with E-state index in [4.69, 9.17) is 5.84 Å².